The number of benzene rings is 3. The van der Waals surface area contributed by atoms with Gasteiger partial charge in [-0.3, -0.25) is 28.8 Å². The minimum absolute atomic E-state index is 0.0271. The average Bonchev–Trinajstić information content (AvgIpc) is 3.00. The fraction of sp³-hybridized carbons (Fsp3) is 0.375. The second kappa shape index (κ2) is 13.9. The lowest BCUT2D eigenvalue weighted by Crippen LogP contribution is -2.74. The van der Waals surface area contributed by atoms with Crippen molar-refractivity contribution in [3.63, 3.8) is 0 Å². The number of rotatable bonds is 12. The highest BCUT2D eigenvalue weighted by Crippen LogP contribution is 2.47. The van der Waals surface area contributed by atoms with Crippen molar-refractivity contribution in [2.45, 2.75) is 39.0 Å². The Hall–Kier alpha value is -4.09. The Kier molecular flexibility index (Phi) is 9.99. The molecule has 2 heterocycles. The number of amides is 4. The standard InChI is InChI=1S/C32H38N5O7P/c1-4-43-45(42,44-5-2)21-29(39)33-26-15-13-23(14-16-26)17-28-32(41)35(18-25-11-8-10-24-9-6-7-12-27(24)25)19-30-36(22-38)34(3)20-31(40)37(28)30/h6-16,22,28,30H,4-5,17-21H2,1-3H3,(H,33,39)/t28-,30?/m0/s1. The molecule has 2 saturated heterocycles. The normalized spacial score (nSPS) is 19.1. The van der Waals surface area contributed by atoms with Gasteiger partial charge in [0.15, 0.2) is 0 Å². The third-order valence-electron chi connectivity index (χ3n) is 7.99. The Labute approximate surface area is 262 Å². The fourth-order valence-electron chi connectivity index (χ4n) is 6.01. The first kappa shape index (κ1) is 32.3. The molecule has 4 amide bonds. The lowest BCUT2D eigenvalue weighted by atomic mass is 9.97. The first-order chi connectivity index (χ1) is 21.7. The van der Waals surface area contributed by atoms with E-state index in [1.54, 1.807) is 55.1 Å². The van der Waals surface area contributed by atoms with Crippen molar-refractivity contribution in [1.82, 2.24) is 19.8 Å². The van der Waals surface area contributed by atoms with Gasteiger partial charge in [-0.15, -0.1) is 0 Å². The molecular formula is C32H38N5O7P. The number of piperazine rings is 1. The van der Waals surface area contributed by atoms with Gasteiger partial charge < -0.3 is 24.2 Å². The van der Waals surface area contributed by atoms with Crippen molar-refractivity contribution in [2.75, 3.05) is 44.8 Å². The molecule has 13 heteroatoms. The molecule has 2 aliphatic heterocycles. The quantitative estimate of drug-likeness (QED) is 0.237. The molecule has 2 aliphatic rings. The lowest BCUT2D eigenvalue weighted by Gasteiger charge is -2.53. The molecule has 1 unspecified atom stereocenters. The van der Waals surface area contributed by atoms with E-state index < -0.39 is 31.9 Å². The summed E-state index contributed by atoms with van der Waals surface area (Å²) in [6, 6.07) is 20.0. The van der Waals surface area contributed by atoms with Crippen LogP contribution >= 0.6 is 7.60 Å². The highest BCUT2D eigenvalue weighted by molar-refractivity contribution is 7.54. The fourth-order valence-corrected chi connectivity index (χ4v) is 7.49. The van der Waals surface area contributed by atoms with E-state index in [0.29, 0.717) is 18.6 Å². The van der Waals surface area contributed by atoms with Crippen LogP contribution in [0, 0.1) is 0 Å². The van der Waals surface area contributed by atoms with Crippen molar-refractivity contribution in [1.29, 1.82) is 0 Å². The van der Waals surface area contributed by atoms with Gasteiger partial charge in [-0.05, 0) is 47.9 Å². The third kappa shape index (κ3) is 7.10. The van der Waals surface area contributed by atoms with E-state index >= 15 is 0 Å². The molecule has 2 atom stereocenters. The molecule has 3 aromatic rings. The van der Waals surface area contributed by atoms with E-state index in [0.717, 1.165) is 21.9 Å². The number of fused-ring (bicyclic) bond motifs is 2. The maximum atomic E-state index is 14.1. The highest BCUT2D eigenvalue weighted by Gasteiger charge is 2.49. The van der Waals surface area contributed by atoms with E-state index in [9.17, 15) is 23.7 Å². The predicted octanol–water partition coefficient (Wildman–Crippen LogP) is 3.47. The molecule has 45 heavy (non-hydrogen) atoms. The number of nitrogens with zero attached hydrogens (tertiary/aromatic N) is 4. The number of hydrogen-bond acceptors (Lipinski definition) is 8. The van der Waals surface area contributed by atoms with Gasteiger partial charge in [0.2, 0.25) is 24.1 Å². The number of hydrazine groups is 1. The van der Waals surface area contributed by atoms with Crippen LogP contribution in [0.4, 0.5) is 5.69 Å². The van der Waals surface area contributed by atoms with Crippen LogP contribution < -0.4 is 5.32 Å². The number of likely N-dealkylation sites (N-methyl/N-ethyl adjacent to an activating group) is 1. The first-order valence-electron chi connectivity index (χ1n) is 14.9. The van der Waals surface area contributed by atoms with E-state index in [-0.39, 0.29) is 44.5 Å². The van der Waals surface area contributed by atoms with Crippen molar-refractivity contribution < 1.29 is 32.8 Å². The monoisotopic (exact) mass is 635 g/mol. The Balaban J connectivity index is 1.37. The second-order valence-electron chi connectivity index (χ2n) is 11.0. The van der Waals surface area contributed by atoms with Crippen molar-refractivity contribution in [3.05, 3.63) is 77.9 Å². The maximum absolute atomic E-state index is 14.1. The van der Waals surface area contributed by atoms with Crippen LogP contribution in [0.5, 0.6) is 0 Å². The van der Waals surface area contributed by atoms with Crippen molar-refractivity contribution >= 4 is 48.2 Å². The minimum Gasteiger partial charge on any atom is -0.333 e. The average molecular weight is 636 g/mol. The molecule has 3 aromatic carbocycles. The number of nitrogens with one attached hydrogen (secondary N) is 1. The van der Waals surface area contributed by atoms with Crippen LogP contribution in [0.1, 0.15) is 25.0 Å². The highest BCUT2D eigenvalue weighted by atomic mass is 31.2. The summed E-state index contributed by atoms with van der Waals surface area (Å²) in [6.07, 6.45) is -0.168. The first-order valence-corrected chi connectivity index (χ1v) is 16.7. The van der Waals surface area contributed by atoms with Crippen LogP contribution in [0.25, 0.3) is 10.8 Å². The summed E-state index contributed by atoms with van der Waals surface area (Å²) in [6.45, 7) is 4.13. The molecule has 0 radical (unpaired) electrons. The SMILES string of the molecule is CCOP(=O)(CC(=O)Nc1ccc(C[C@H]2C(=O)N(Cc3cccc4ccccc34)CC3N2C(=O)CN(C)N3C=O)cc1)OCC. The summed E-state index contributed by atoms with van der Waals surface area (Å²) in [5.41, 5.74) is 2.20. The Morgan fingerprint density at radius 2 is 1.69 bits per heavy atom. The van der Waals surface area contributed by atoms with Crippen LogP contribution in [0.3, 0.4) is 0 Å². The largest absolute Gasteiger partial charge is 0.340 e. The van der Waals surface area contributed by atoms with Gasteiger partial charge in [0, 0.05) is 25.7 Å². The van der Waals surface area contributed by atoms with Crippen molar-refractivity contribution in [2.24, 2.45) is 0 Å². The van der Waals surface area contributed by atoms with Crippen LogP contribution in [0.15, 0.2) is 66.7 Å². The zero-order chi connectivity index (χ0) is 32.1. The Bertz CT molecular complexity index is 1600. The third-order valence-corrected chi connectivity index (χ3v) is 9.97. The minimum atomic E-state index is -3.55. The molecule has 2 fully saturated rings. The Morgan fingerprint density at radius 3 is 2.38 bits per heavy atom. The molecule has 12 nitrogen and oxygen atoms in total. The second-order valence-corrected chi connectivity index (χ2v) is 13.1. The van der Waals surface area contributed by atoms with Gasteiger partial charge in [0.1, 0.15) is 18.4 Å². The number of carbonyl (C=O) groups excluding carboxylic acids is 4. The molecule has 238 valence electrons. The summed E-state index contributed by atoms with van der Waals surface area (Å²) in [5, 5.41) is 7.85. The van der Waals surface area contributed by atoms with Gasteiger partial charge in [0.05, 0.1) is 26.3 Å². The zero-order valence-electron chi connectivity index (χ0n) is 25.6. The molecule has 1 N–H and O–H groups in total. The number of anilines is 1. The van der Waals surface area contributed by atoms with Gasteiger partial charge in [-0.25, -0.2) is 5.01 Å². The van der Waals surface area contributed by atoms with Crippen molar-refractivity contribution in [3.8, 4) is 0 Å². The van der Waals surface area contributed by atoms with Gasteiger partial charge in [-0.2, -0.15) is 0 Å². The topological polar surface area (TPSA) is 129 Å². The summed E-state index contributed by atoms with van der Waals surface area (Å²) < 4.78 is 23.2. The molecule has 0 aromatic heterocycles. The number of hydrogen-bond donors (Lipinski definition) is 1. The van der Waals surface area contributed by atoms with Crippen LogP contribution in [-0.4, -0.2) is 95.7 Å². The molecule has 0 bridgehead atoms. The van der Waals surface area contributed by atoms with E-state index in [4.69, 9.17) is 9.05 Å². The molecule has 5 rings (SSSR count). The summed E-state index contributed by atoms with van der Waals surface area (Å²) >= 11 is 0. The molecule has 0 saturated carbocycles. The molecular weight excluding hydrogens is 597 g/mol. The number of carbonyl (C=O) groups is 4. The Morgan fingerprint density at radius 1 is 1.00 bits per heavy atom. The summed E-state index contributed by atoms with van der Waals surface area (Å²) in [5.74, 6) is -0.956. The molecule has 0 aliphatic carbocycles. The summed E-state index contributed by atoms with van der Waals surface area (Å²) in [7, 11) is -1.88. The van der Waals surface area contributed by atoms with E-state index in [1.807, 2.05) is 42.5 Å². The zero-order valence-corrected chi connectivity index (χ0v) is 26.5. The van der Waals surface area contributed by atoms with Gasteiger partial charge in [0.25, 0.3) is 0 Å². The van der Waals surface area contributed by atoms with Crippen LogP contribution in [0.2, 0.25) is 0 Å². The van der Waals surface area contributed by atoms with Gasteiger partial charge in [-0.1, -0.05) is 54.6 Å². The predicted molar refractivity (Wildman–Crippen MR) is 169 cm³/mol. The van der Waals surface area contributed by atoms with Crippen LogP contribution in [-0.2, 0) is 45.8 Å². The van der Waals surface area contributed by atoms with E-state index in [1.165, 1.54) is 9.91 Å². The summed E-state index contributed by atoms with van der Waals surface area (Å²) in [4.78, 5) is 55.5. The smallest absolute Gasteiger partial charge is 0.333 e. The van der Waals surface area contributed by atoms with E-state index in [2.05, 4.69) is 5.32 Å². The van der Waals surface area contributed by atoms with Gasteiger partial charge >= 0.3 is 7.60 Å². The maximum Gasteiger partial charge on any atom is 0.340 e. The lowest BCUT2D eigenvalue weighted by molar-refractivity contribution is -0.196. The molecule has 0 spiro atoms.